The minimum absolute atomic E-state index is 0.0877. The number of unbranched alkanes of at least 4 members (excludes halogenated alkanes) is 10. The number of rotatable bonds is 25. The number of hydrogen-bond donors (Lipinski definition) is 2. The van der Waals surface area contributed by atoms with Crippen LogP contribution >= 0.6 is 0 Å². The Hall–Kier alpha value is -1.14. The highest BCUT2D eigenvalue weighted by Gasteiger charge is 2.24. The lowest BCUT2D eigenvalue weighted by Gasteiger charge is -2.30. The fraction of sp³-hybridized carbons (Fsp3) is 0.929. The first-order valence-corrected chi connectivity index (χ1v) is 14.3. The predicted octanol–water partition coefficient (Wildman–Crippen LogP) is 6.57. The summed E-state index contributed by atoms with van der Waals surface area (Å²) in [4.78, 5) is 23.9. The molecule has 0 aliphatic carbocycles. The van der Waals surface area contributed by atoms with E-state index in [0.717, 1.165) is 96.4 Å². The molecule has 6 heteroatoms. The minimum atomic E-state index is -0.233. The van der Waals surface area contributed by atoms with E-state index in [1.165, 1.54) is 25.7 Å². The third-order valence-electron chi connectivity index (χ3n) is 6.51. The largest absolute Gasteiger partial charge is 0.466 e. The van der Waals surface area contributed by atoms with E-state index in [9.17, 15) is 9.59 Å². The molecule has 0 aromatic heterocycles. The summed E-state index contributed by atoms with van der Waals surface area (Å²) in [6, 6.07) is 0. The van der Waals surface area contributed by atoms with Crippen LogP contribution < -0.4 is 11.5 Å². The first kappa shape index (κ1) is 32.9. The van der Waals surface area contributed by atoms with Gasteiger partial charge in [0.25, 0.3) is 0 Å². The van der Waals surface area contributed by atoms with Gasteiger partial charge in [0.15, 0.2) is 0 Å². The number of carbonyl (C=O) groups is 2. The Morgan fingerprint density at radius 1 is 0.588 bits per heavy atom. The zero-order valence-electron chi connectivity index (χ0n) is 22.6. The van der Waals surface area contributed by atoms with Crippen LogP contribution in [0.3, 0.4) is 0 Å². The molecular weight excluding hydrogens is 428 g/mol. The van der Waals surface area contributed by atoms with Crippen LogP contribution in [0, 0.1) is 0 Å². The maximum atomic E-state index is 11.9. The maximum Gasteiger partial charge on any atom is 0.305 e. The molecule has 0 heterocycles. The van der Waals surface area contributed by atoms with Crippen molar-refractivity contribution in [2.45, 2.75) is 148 Å². The molecular formula is C28H56N2O4. The van der Waals surface area contributed by atoms with Gasteiger partial charge in [-0.1, -0.05) is 78.1 Å². The molecule has 0 fully saturated rings. The van der Waals surface area contributed by atoms with Gasteiger partial charge in [-0.2, -0.15) is 0 Å². The van der Waals surface area contributed by atoms with E-state index in [4.69, 9.17) is 20.9 Å². The summed E-state index contributed by atoms with van der Waals surface area (Å²) in [5, 5.41) is 0. The second-order valence-electron chi connectivity index (χ2n) is 9.94. The van der Waals surface area contributed by atoms with Crippen LogP contribution in [0.2, 0.25) is 0 Å². The van der Waals surface area contributed by atoms with E-state index < -0.39 is 0 Å². The molecule has 0 bridgehead atoms. The molecule has 0 atom stereocenters. The van der Waals surface area contributed by atoms with Crippen molar-refractivity contribution in [2.24, 2.45) is 11.5 Å². The molecule has 34 heavy (non-hydrogen) atoms. The molecule has 0 unspecified atom stereocenters. The zero-order chi connectivity index (χ0) is 25.3. The monoisotopic (exact) mass is 484 g/mol. The lowest BCUT2D eigenvalue weighted by atomic mass is 9.83. The van der Waals surface area contributed by atoms with Crippen LogP contribution in [0.4, 0.5) is 0 Å². The summed E-state index contributed by atoms with van der Waals surface area (Å²) >= 11 is 0. The Kier molecular flexibility index (Phi) is 22.8. The SMILES string of the molecule is CCCCCCOC(=O)CCCCC(N)(CCCCCN)CCCCC(=O)OCCCCCC. The van der Waals surface area contributed by atoms with E-state index in [1.54, 1.807) is 0 Å². The second kappa shape index (κ2) is 23.6. The van der Waals surface area contributed by atoms with Crippen molar-refractivity contribution in [3.63, 3.8) is 0 Å². The molecule has 202 valence electrons. The predicted molar refractivity (Wildman–Crippen MR) is 142 cm³/mol. The van der Waals surface area contributed by atoms with E-state index in [0.29, 0.717) is 26.1 Å². The lowest BCUT2D eigenvalue weighted by Crippen LogP contribution is -2.39. The second-order valence-corrected chi connectivity index (χ2v) is 9.94. The van der Waals surface area contributed by atoms with Gasteiger partial charge in [0.2, 0.25) is 0 Å². The summed E-state index contributed by atoms with van der Waals surface area (Å²) in [5.41, 5.74) is 12.2. The third-order valence-corrected chi connectivity index (χ3v) is 6.51. The fourth-order valence-electron chi connectivity index (χ4n) is 4.24. The molecule has 0 aromatic rings. The van der Waals surface area contributed by atoms with Crippen LogP contribution in [0.15, 0.2) is 0 Å². The van der Waals surface area contributed by atoms with Crippen molar-refractivity contribution in [1.29, 1.82) is 0 Å². The highest BCUT2D eigenvalue weighted by atomic mass is 16.5. The van der Waals surface area contributed by atoms with Crippen molar-refractivity contribution >= 4 is 11.9 Å². The Balaban J connectivity index is 4.17. The minimum Gasteiger partial charge on any atom is -0.466 e. The zero-order valence-corrected chi connectivity index (χ0v) is 22.6. The highest BCUT2D eigenvalue weighted by Crippen LogP contribution is 2.26. The van der Waals surface area contributed by atoms with Crippen LogP contribution in [0.5, 0.6) is 0 Å². The van der Waals surface area contributed by atoms with E-state index in [2.05, 4.69) is 13.8 Å². The van der Waals surface area contributed by atoms with E-state index in [1.807, 2.05) is 0 Å². The van der Waals surface area contributed by atoms with Gasteiger partial charge in [-0.05, 0) is 57.9 Å². The molecule has 0 rings (SSSR count). The summed E-state index contributed by atoms with van der Waals surface area (Å²) < 4.78 is 10.7. The van der Waals surface area contributed by atoms with Crippen LogP contribution in [0.25, 0.3) is 0 Å². The molecule has 0 radical (unpaired) electrons. The molecule has 0 aromatic carbocycles. The van der Waals surface area contributed by atoms with Gasteiger partial charge in [-0.3, -0.25) is 9.59 Å². The standard InChI is InChI=1S/C28H56N2O4/c1-3-5-7-16-24-33-26(31)18-10-13-21-28(30,20-12-9-15-23-29)22-14-11-19-27(32)34-25-17-8-6-4-2/h3-25,29-30H2,1-2H3. The number of hydrogen-bond acceptors (Lipinski definition) is 6. The maximum absolute atomic E-state index is 11.9. The fourth-order valence-corrected chi connectivity index (χ4v) is 4.24. The Morgan fingerprint density at radius 3 is 1.41 bits per heavy atom. The topological polar surface area (TPSA) is 105 Å². The quantitative estimate of drug-likeness (QED) is 0.112. The Morgan fingerprint density at radius 2 is 1.00 bits per heavy atom. The summed E-state index contributed by atoms with van der Waals surface area (Å²) in [6.07, 6.45) is 19.4. The van der Waals surface area contributed by atoms with Gasteiger partial charge < -0.3 is 20.9 Å². The van der Waals surface area contributed by atoms with Gasteiger partial charge >= 0.3 is 11.9 Å². The van der Waals surface area contributed by atoms with Crippen molar-refractivity contribution in [3.8, 4) is 0 Å². The molecule has 0 spiro atoms. The van der Waals surface area contributed by atoms with Gasteiger partial charge in [0, 0.05) is 18.4 Å². The van der Waals surface area contributed by atoms with Crippen LogP contribution in [-0.2, 0) is 19.1 Å². The highest BCUT2D eigenvalue weighted by molar-refractivity contribution is 5.69. The first-order valence-electron chi connectivity index (χ1n) is 14.3. The van der Waals surface area contributed by atoms with Crippen molar-refractivity contribution < 1.29 is 19.1 Å². The molecule has 0 aliphatic heterocycles. The van der Waals surface area contributed by atoms with E-state index >= 15 is 0 Å². The smallest absolute Gasteiger partial charge is 0.305 e. The van der Waals surface area contributed by atoms with Gasteiger partial charge in [-0.25, -0.2) is 0 Å². The average Bonchev–Trinajstić information content (AvgIpc) is 2.82. The number of carbonyl (C=O) groups excluding carboxylic acids is 2. The average molecular weight is 485 g/mol. The van der Waals surface area contributed by atoms with Crippen molar-refractivity contribution in [2.75, 3.05) is 19.8 Å². The van der Waals surface area contributed by atoms with Crippen molar-refractivity contribution in [3.05, 3.63) is 0 Å². The molecule has 0 saturated carbocycles. The van der Waals surface area contributed by atoms with E-state index in [-0.39, 0.29) is 17.5 Å². The molecule has 0 aliphatic rings. The molecule has 0 amide bonds. The molecule has 6 nitrogen and oxygen atoms in total. The normalized spacial score (nSPS) is 11.5. The third kappa shape index (κ3) is 21.4. The lowest BCUT2D eigenvalue weighted by molar-refractivity contribution is -0.144. The number of nitrogens with two attached hydrogens (primary N) is 2. The van der Waals surface area contributed by atoms with Crippen molar-refractivity contribution in [1.82, 2.24) is 0 Å². The van der Waals surface area contributed by atoms with Crippen LogP contribution in [-0.4, -0.2) is 37.2 Å². The summed E-state index contributed by atoms with van der Waals surface area (Å²) in [6.45, 7) is 6.15. The molecule has 4 N–H and O–H groups in total. The van der Waals surface area contributed by atoms with Gasteiger partial charge in [-0.15, -0.1) is 0 Å². The number of ether oxygens (including phenoxy) is 2. The Bertz CT molecular complexity index is 451. The molecule has 0 saturated heterocycles. The summed E-state index contributed by atoms with van der Waals surface area (Å²) in [7, 11) is 0. The Labute approximate surface area is 210 Å². The van der Waals surface area contributed by atoms with Gasteiger partial charge in [0.1, 0.15) is 0 Å². The number of esters is 2. The summed E-state index contributed by atoms with van der Waals surface area (Å²) in [5.74, 6) is -0.175. The first-order chi connectivity index (χ1) is 16.5. The van der Waals surface area contributed by atoms with Crippen LogP contribution in [0.1, 0.15) is 142 Å². The van der Waals surface area contributed by atoms with Gasteiger partial charge in [0.05, 0.1) is 13.2 Å².